The van der Waals surface area contributed by atoms with Crippen LogP contribution < -0.4 is 10.1 Å². The van der Waals surface area contributed by atoms with E-state index in [-0.39, 0.29) is 24.3 Å². The van der Waals surface area contributed by atoms with Crippen molar-refractivity contribution in [1.29, 1.82) is 0 Å². The van der Waals surface area contributed by atoms with Crippen molar-refractivity contribution in [2.45, 2.75) is 18.9 Å². The highest BCUT2D eigenvalue weighted by molar-refractivity contribution is 5.85. The Morgan fingerprint density at radius 2 is 2.00 bits per heavy atom. The third-order valence-corrected chi connectivity index (χ3v) is 4.42. The maximum atomic E-state index is 14.4. The van der Waals surface area contributed by atoms with Gasteiger partial charge < -0.3 is 10.1 Å². The highest BCUT2D eigenvalue weighted by Gasteiger charge is 2.32. The van der Waals surface area contributed by atoms with Crippen LogP contribution in [0.4, 0.5) is 4.39 Å². The lowest BCUT2D eigenvalue weighted by atomic mass is 9.77. The molecule has 0 spiro atoms. The van der Waals surface area contributed by atoms with E-state index < -0.39 is 0 Å². The van der Waals surface area contributed by atoms with Gasteiger partial charge in [-0.05, 0) is 48.2 Å². The molecule has 1 unspecified atom stereocenters. The Bertz CT molecular complexity index is 701. The molecule has 2 aromatic rings. The molecule has 4 rings (SSSR count). The Balaban J connectivity index is 0.00000132. The maximum absolute atomic E-state index is 14.4. The first kappa shape index (κ1) is 14.4. The van der Waals surface area contributed by atoms with Gasteiger partial charge in [-0.15, -0.1) is 12.4 Å². The lowest BCUT2D eigenvalue weighted by molar-refractivity contribution is 0.411. The quantitative estimate of drug-likeness (QED) is 0.868. The average molecular weight is 306 g/mol. The molecule has 0 bridgehead atoms. The first-order valence-electron chi connectivity index (χ1n) is 7.00. The summed E-state index contributed by atoms with van der Waals surface area (Å²) in [6.45, 7) is 0.980. The largest absolute Gasteiger partial charge is 0.496 e. The molecule has 2 aromatic carbocycles. The highest BCUT2D eigenvalue weighted by atomic mass is 35.5. The number of nitrogens with one attached hydrogen (secondary N) is 1. The van der Waals surface area contributed by atoms with Gasteiger partial charge in [0, 0.05) is 17.2 Å². The van der Waals surface area contributed by atoms with Crippen LogP contribution in [0.1, 0.15) is 22.7 Å². The zero-order valence-electron chi connectivity index (χ0n) is 11.8. The van der Waals surface area contributed by atoms with Crippen LogP contribution in [0.2, 0.25) is 0 Å². The van der Waals surface area contributed by atoms with Crippen molar-refractivity contribution in [1.82, 2.24) is 5.32 Å². The van der Waals surface area contributed by atoms with Crippen LogP contribution in [0.15, 0.2) is 30.3 Å². The van der Waals surface area contributed by atoms with E-state index in [1.54, 1.807) is 13.2 Å². The standard InChI is InChI=1S/C17H16FNO.ClH/c1-20-14-6-5-10-7-8-19-13-9-11-3-2-4-12(18)15(11)17(14)16(10)13;/h2-6,13,19H,7-9H2,1H3;1H. The van der Waals surface area contributed by atoms with Crippen molar-refractivity contribution in [3.05, 3.63) is 52.8 Å². The van der Waals surface area contributed by atoms with Crippen molar-refractivity contribution < 1.29 is 9.13 Å². The van der Waals surface area contributed by atoms with Gasteiger partial charge in [-0.25, -0.2) is 4.39 Å². The average Bonchev–Trinajstić information content (AvgIpc) is 2.48. The molecule has 2 nitrogen and oxygen atoms in total. The van der Waals surface area contributed by atoms with Gasteiger partial charge in [0.25, 0.3) is 0 Å². The van der Waals surface area contributed by atoms with Gasteiger partial charge >= 0.3 is 0 Å². The highest BCUT2D eigenvalue weighted by Crippen LogP contribution is 2.47. The van der Waals surface area contributed by atoms with E-state index >= 15 is 0 Å². The van der Waals surface area contributed by atoms with Crippen LogP contribution in [0.25, 0.3) is 11.1 Å². The molecule has 0 aromatic heterocycles. The fraction of sp³-hybridized carbons (Fsp3) is 0.294. The van der Waals surface area contributed by atoms with E-state index in [1.165, 1.54) is 17.2 Å². The van der Waals surface area contributed by atoms with Crippen molar-refractivity contribution in [2.24, 2.45) is 0 Å². The number of methoxy groups -OCH3 is 1. The first-order chi connectivity index (χ1) is 9.79. The van der Waals surface area contributed by atoms with Crippen LogP contribution in [-0.2, 0) is 12.8 Å². The molecule has 0 radical (unpaired) electrons. The van der Waals surface area contributed by atoms with Crippen LogP contribution in [-0.4, -0.2) is 13.7 Å². The predicted molar refractivity (Wildman–Crippen MR) is 83.8 cm³/mol. The summed E-state index contributed by atoms with van der Waals surface area (Å²) in [6, 6.07) is 9.71. The Hall–Kier alpha value is -1.58. The molecule has 1 aliphatic heterocycles. The van der Waals surface area contributed by atoms with Crippen LogP contribution in [0.5, 0.6) is 5.75 Å². The van der Waals surface area contributed by atoms with Gasteiger partial charge in [0.15, 0.2) is 0 Å². The number of hydrogen-bond acceptors (Lipinski definition) is 2. The molecule has 1 aliphatic carbocycles. The Labute approximate surface area is 129 Å². The fourth-order valence-corrected chi connectivity index (χ4v) is 3.58. The minimum Gasteiger partial charge on any atom is -0.496 e. The topological polar surface area (TPSA) is 21.3 Å². The summed E-state index contributed by atoms with van der Waals surface area (Å²) in [7, 11) is 1.65. The van der Waals surface area contributed by atoms with Crippen molar-refractivity contribution >= 4 is 12.4 Å². The second-order valence-electron chi connectivity index (χ2n) is 5.45. The molecule has 4 heteroatoms. The number of halogens is 2. The van der Waals surface area contributed by atoms with Gasteiger partial charge in [-0.3, -0.25) is 0 Å². The zero-order valence-corrected chi connectivity index (χ0v) is 12.6. The zero-order chi connectivity index (χ0) is 13.7. The normalized spacial score (nSPS) is 18.3. The van der Waals surface area contributed by atoms with Gasteiger partial charge in [-0.1, -0.05) is 18.2 Å². The molecule has 0 saturated heterocycles. The number of benzene rings is 2. The molecule has 1 atom stereocenters. The number of rotatable bonds is 1. The van der Waals surface area contributed by atoms with Gasteiger partial charge in [0.2, 0.25) is 0 Å². The van der Waals surface area contributed by atoms with E-state index in [1.807, 2.05) is 12.1 Å². The molecule has 1 heterocycles. The fourth-order valence-electron chi connectivity index (χ4n) is 3.58. The summed E-state index contributed by atoms with van der Waals surface area (Å²) in [5.41, 5.74) is 5.28. The van der Waals surface area contributed by atoms with Gasteiger partial charge in [0.05, 0.1) is 7.11 Å². The van der Waals surface area contributed by atoms with Crippen molar-refractivity contribution in [2.75, 3.05) is 13.7 Å². The van der Waals surface area contributed by atoms with Crippen molar-refractivity contribution in [3.63, 3.8) is 0 Å². The lowest BCUT2D eigenvalue weighted by Crippen LogP contribution is -2.34. The van der Waals surface area contributed by atoms with Gasteiger partial charge in [-0.2, -0.15) is 0 Å². The molecular formula is C17H17ClFNO. The summed E-state index contributed by atoms with van der Waals surface area (Å²) < 4.78 is 19.9. The Morgan fingerprint density at radius 1 is 1.14 bits per heavy atom. The molecule has 0 amide bonds. The first-order valence-corrected chi connectivity index (χ1v) is 7.00. The van der Waals surface area contributed by atoms with E-state index in [2.05, 4.69) is 11.4 Å². The minimum absolute atomic E-state index is 0. The van der Waals surface area contributed by atoms with Crippen LogP contribution in [0, 0.1) is 5.82 Å². The molecule has 2 aliphatic rings. The molecule has 1 N–H and O–H groups in total. The third kappa shape index (κ3) is 2.03. The lowest BCUT2D eigenvalue weighted by Gasteiger charge is -2.35. The second kappa shape index (κ2) is 5.32. The third-order valence-electron chi connectivity index (χ3n) is 4.42. The Morgan fingerprint density at radius 3 is 2.81 bits per heavy atom. The molecule has 0 fully saturated rings. The summed E-state index contributed by atoms with van der Waals surface area (Å²) in [5, 5.41) is 3.55. The van der Waals surface area contributed by atoms with E-state index in [0.29, 0.717) is 0 Å². The molecule has 0 saturated carbocycles. The maximum Gasteiger partial charge on any atom is 0.131 e. The molecule has 21 heavy (non-hydrogen) atoms. The summed E-state index contributed by atoms with van der Waals surface area (Å²) >= 11 is 0. The van der Waals surface area contributed by atoms with E-state index in [0.717, 1.165) is 41.8 Å². The SMILES string of the molecule is COc1ccc2c3c1-c1c(F)cccc1CC3NCC2.Cl. The number of hydrogen-bond donors (Lipinski definition) is 1. The predicted octanol–water partition coefficient (Wildman–Crippen LogP) is 3.67. The van der Waals surface area contributed by atoms with Gasteiger partial charge in [0.1, 0.15) is 11.6 Å². The number of ether oxygens (including phenoxy) is 1. The van der Waals surface area contributed by atoms with E-state index in [9.17, 15) is 4.39 Å². The van der Waals surface area contributed by atoms with Crippen LogP contribution in [0.3, 0.4) is 0 Å². The molecule has 110 valence electrons. The minimum atomic E-state index is -0.154. The summed E-state index contributed by atoms with van der Waals surface area (Å²) in [5.74, 6) is 0.613. The van der Waals surface area contributed by atoms with Crippen LogP contribution >= 0.6 is 12.4 Å². The molecular weight excluding hydrogens is 289 g/mol. The summed E-state index contributed by atoms with van der Waals surface area (Å²) in [6.07, 6.45) is 1.84. The number of fused-ring (bicyclic) bond motifs is 2. The monoisotopic (exact) mass is 305 g/mol. The Kier molecular flexibility index (Phi) is 3.64. The second-order valence-corrected chi connectivity index (χ2v) is 5.45. The summed E-state index contributed by atoms with van der Waals surface area (Å²) in [4.78, 5) is 0. The van der Waals surface area contributed by atoms with E-state index in [4.69, 9.17) is 4.74 Å². The smallest absolute Gasteiger partial charge is 0.131 e. The van der Waals surface area contributed by atoms with Crippen molar-refractivity contribution in [3.8, 4) is 16.9 Å².